The SMILES string of the molecule is CN1CCC(c2cnc(N)nc2N)C1. The van der Waals surface area contributed by atoms with Crippen molar-refractivity contribution in [3.8, 4) is 0 Å². The highest BCUT2D eigenvalue weighted by atomic mass is 15.1. The van der Waals surface area contributed by atoms with Crippen molar-refractivity contribution < 1.29 is 0 Å². The summed E-state index contributed by atoms with van der Waals surface area (Å²) in [5.74, 6) is 1.23. The normalized spacial score (nSPS) is 22.8. The molecule has 1 aromatic heterocycles. The van der Waals surface area contributed by atoms with E-state index in [4.69, 9.17) is 11.5 Å². The lowest BCUT2D eigenvalue weighted by atomic mass is 10.0. The first-order chi connectivity index (χ1) is 6.66. The number of anilines is 2. The highest BCUT2D eigenvalue weighted by molar-refractivity contribution is 5.44. The fraction of sp³-hybridized carbons (Fsp3) is 0.556. The summed E-state index contributed by atoms with van der Waals surface area (Å²) < 4.78 is 0. The van der Waals surface area contributed by atoms with Gasteiger partial charge in [-0.15, -0.1) is 0 Å². The Morgan fingerprint density at radius 1 is 1.50 bits per heavy atom. The maximum Gasteiger partial charge on any atom is 0.221 e. The van der Waals surface area contributed by atoms with Gasteiger partial charge >= 0.3 is 0 Å². The molecular weight excluding hydrogens is 178 g/mol. The van der Waals surface area contributed by atoms with E-state index in [1.165, 1.54) is 0 Å². The Balaban J connectivity index is 2.24. The van der Waals surface area contributed by atoms with E-state index in [2.05, 4.69) is 21.9 Å². The first kappa shape index (κ1) is 9.21. The molecule has 0 aliphatic carbocycles. The van der Waals surface area contributed by atoms with Crippen LogP contribution in [0, 0.1) is 0 Å². The number of nitrogens with two attached hydrogens (primary N) is 2. The number of nitrogens with zero attached hydrogens (tertiary/aromatic N) is 3. The van der Waals surface area contributed by atoms with Crippen LogP contribution in [0.2, 0.25) is 0 Å². The molecule has 0 bridgehead atoms. The molecule has 1 atom stereocenters. The minimum absolute atomic E-state index is 0.248. The zero-order valence-electron chi connectivity index (χ0n) is 8.27. The number of nitrogen functional groups attached to an aromatic ring is 2. The van der Waals surface area contributed by atoms with Crippen LogP contribution < -0.4 is 11.5 Å². The van der Waals surface area contributed by atoms with Gasteiger partial charge in [-0.25, -0.2) is 4.98 Å². The first-order valence-corrected chi connectivity index (χ1v) is 4.73. The third kappa shape index (κ3) is 1.63. The lowest BCUT2D eigenvalue weighted by Crippen LogP contribution is -2.14. The Hall–Kier alpha value is -1.36. The van der Waals surface area contributed by atoms with Crippen molar-refractivity contribution in [2.45, 2.75) is 12.3 Å². The molecule has 5 nitrogen and oxygen atoms in total. The van der Waals surface area contributed by atoms with Crippen LogP contribution in [0.15, 0.2) is 6.20 Å². The summed E-state index contributed by atoms with van der Waals surface area (Å²) in [5, 5.41) is 0. The second-order valence-corrected chi connectivity index (χ2v) is 3.82. The lowest BCUT2D eigenvalue weighted by Gasteiger charge is -2.12. The largest absolute Gasteiger partial charge is 0.383 e. The summed E-state index contributed by atoms with van der Waals surface area (Å²) in [4.78, 5) is 10.2. The van der Waals surface area contributed by atoms with Gasteiger partial charge in [0.2, 0.25) is 5.95 Å². The van der Waals surface area contributed by atoms with E-state index in [-0.39, 0.29) is 5.95 Å². The molecule has 76 valence electrons. The van der Waals surface area contributed by atoms with Gasteiger partial charge in [0.25, 0.3) is 0 Å². The summed E-state index contributed by atoms with van der Waals surface area (Å²) in [5.41, 5.74) is 12.3. The van der Waals surface area contributed by atoms with Crippen LogP contribution in [0.5, 0.6) is 0 Å². The maximum atomic E-state index is 5.80. The van der Waals surface area contributed by atoms with E-state index in [1.54, 1.807) is 6.20 Å². The maximum absolute atomic E-state index is 5.80. The lowest BCUT2D eigenvalue weighted by molar-refractivity contribution is 0.411. The highest BCUT2D eigenvalue weighted by Gasteiger charge is 2.23. The van der Waals surface area contributed by atoms with Gasteiger partial charge in [-0.2, -0.15) is 4.98 Å². The summed E-state index contributed by atoms with van der Waals surface area (Å²) in [6, 6.07) is 0. The molecule has 1 aliphatic heterocycles. The van der Waals surface area contributed by atoms with Gasteiger partial charge in [0, 0.05) is 24.2 Å². The van der Waals surface area contributed by atoms with Crippen molar-refractivity contribution in [3.63, 3.8) is 0 Å². The van der Waals surface area contributed by atoms with E-state index in [0.29, 0.717) is 11.7 Å². The third-order valence-corrected chi connectivity index (χ3v) is 2.70. The van der Waals surface area contributed by atoms with Crippen LogP contribution >= 0.6 is 0 Å². The topological polar surface area (TPSA) is 81.1 Å². The van der Waals surface area contributed by atoms with Gasteiger partial charge in [-0.05, 0) is 20.0 Å². The van der Waals surface area contributed by atoms with Crippen LogP contribution in [0.1, 0.15) is 17.9 Å². The third-order valence-electron chi connectivity index (χ3n) is 2.70. The molecule has 2 rings (SSSR count). The van der Waals surface area contributed by atoms with Gasteiger partial charge in [0.1, 0.15) is 5.82 Å². The predicted octanol–water partition coefficient (Wildman–Crippen LogP) is 0.0601. The Bertz CT molecular complexity index is 338. The number of hydrogen-bond donors (Lipinski definition) is 2. The second kappa shape index (κ2) is 3.42. The Labute approximate surface area is 83.1 Å². The summed E-state index contributed by atoms with van der Waals surface area (Å²) >= 11 is 0. The smallest absolute Gasteiger partial charge is 0.221 e. The molecule has 1 fully saturated rings. The Morgan fingerprint density at radius 3 is 2.86 bits per heavy atom. The van der Waals surface area contributed by atoms with Crippen LogP contribution in [0.4, 0.5) is 11.8 Å². The Morgan fingerprint density at radius 2 is 2.29 bits per heavy atom. The molecule has 4 N–H and O–H groups in total. The van der Waals surface area contributed by atoms with E-state index in [0.717, 1.165) is 25.1 Å². The fourth-order valence-corrected chi connectivity index (χ4v) is 1.92. The molecule has 5 heteroatoms. The van der Waals surface area contributed by atoms with Gasteiger partial charge in [-0.1, -0.05) is 0 Å². The minimum atomic E-state index is 0.248. The van der Waals surface area contributed by atoms with Crippen molar-refractivity contribution in [1.29, 1.82) is 0 Å². The molecule has 0 aromatic carbocycles. The molecule has 0 radical (unpaired) electrons. The van der Waals surface area contributed by atoms with Crippen molar-refractivity contribution in [2.75, 3.05) is 31.6 Å². The molecule has 14 heavy (non-hydrogen) atoms. The van der Waals surface area contributed by atoms with E-state index >= 15 is 0 Å². The van der Waals surface area contributed by atoms with E-state index < -0.39 is 0 Å². The van der Waals surface area contributed by atoms with Crippen molar-refractivity contribution in [3.05, 3.63) is 11.8 Å². The van der Waals surface area contributed by atoms with Gasteiger partial charge in [0.15, 0.2) is 0 Å². The first-order valence-electron chi connectivity index (χ1n) is 4.73. The van der Waals surface area contributed by atoms with Crippen LogP contribution in [-0.2, 0) is 0 Å². The minimum Gasteiger partial charge on any atom is -0.383 e. The Kier molecular flexibility index (Phi) is 2.25. The van der Waals surface area contributed by atoms with Crippen LogP contribution in [-0.4, -0.2) is 35.0 Å². The summed E-state index contributed by atoms with van der Waals surface area (Å²) in [6.45, 7) is 2.13. The van der Waals surface area contributed by atoms with E-state index in [1.807, 2.05) is 0 Å². The van der Waals surface area contributed by atoms with Crippen molar-refractivity contribution in [2.24, 2.45) is 0 Å². The predicted molar refractivity (Wildman–Crippen MR) is 55.7 cm³/mol. The van der Waals surface area contributed by atoms with Crippen LogP contribution in [0.3, 0.4) is 0 Å². The van der Waals surface area contributed by atoms with E-state index in [9.17, 15) is 0 Å². The average Bonchev–Trinajstić information content (AvgIpc) is 2.51. The summed E-state index contributed by atoms with van der Waals surface area (Å²) in [7, 11) is 2.11. The number of likely N-dealkylation sites (N-methyl/N-ethyl adjacent to an activating group) is 1. The number of rotatable bonds is 1. The van der Waals surface area contributed by atoms with Crippen molar-refractivity contribution in [1.82, 2.24) is 14.9 Å². The monoisotopic (exact) mass is 193 g/mol. The quantitative estimate of drug-likeness (QED) is 0.659. The number of hydrogen-bond acceptors (Lipinski definition) is 5. The average molecular weight is 193 g/mol. The molecule has 1 aliphatic rings. The second-order valence-electron chi connectivity index (χ2n) is 3.82. The standard InChI is InChI=1S/C9H15N5/c1-14-3-2-6(5-14)7-4-12-9(11)13-8(7)10/h4,6H,2-3,5H2,1H3,(H4,10,11,12,13). The molecule has 1 saturated heterocycles. The molecule has 0 amide bonds. The summed E-state index contributed by atoms with van der Waals surface area (Å²) in [6.07, 6.45) is 2.87. The number of likely N-dealkylation sites (tertiary alicyclic amines) is 1. The molecule has 2 heterocycles. The molecular formula is C9H15N5. The molecule has 1 aromatic rings. The molecule has 0 saturated carbocycles. The fourth-order valence-electron chi connectivity index (χ4n) is 1.92. The zero-order chi connectivity index (χ0) is 10.1. The van der Waals surface area contributed by atoms with Gasteiger partial charge in [-0.3, -0.25) is 0 Å². The van der Waals surface area contributed by atoms with Gasteiger partial charge in [0.05, 0.1) is 0 Å². The number of aromatic nitrogens is 2. The van der Waals surface area contributed by atoms with Crippen LogP contribution in [0.25, 0.3) is 0 Å². The van der Waals surface area contributed by atoms with Crippen molar-refractivity contribution >= 4 is 11.8 Å². The molecule has 0 spiro atoms. The highest BCUT2D eigenvalue weighted by Crippen LogP contribution is 2.28. The zero-order valence-corrected chi connectivity index (χ0v) is 8.27. The molecule has 1 unspecified atom stereocenters. The van der Waals surface area contributed by atoms with Gasteiger partial charge < -0.3 is 16.4 Å².